The molecule has 0 radical (unpaired) electrons. The van der Waals surface area contributed by atoms with Crippen molar-refractivity contribution in [2.45, 2.75) is 12.3 Å². The molecule has 1 N–H and O–H groups in total. The molecule has 1 fully saturated rings. The van der Waals surface area contributed by atoms with Crippen LogP contribution in [0, 0.1) is 5.92 Å². The second-order valence-electron chi connectivity index (χ2n) is 3.37. The maximum absolute atomic E-state index is 12.5. The number of amides is 1. The van der Waals surface area contributed by atoms with Crippen LogP contribution in [0.3, 0.4) is 0 Å². The average molecular weight is 197 g/mol. The van der Waals surface area contributed by atoms with Crippen LogP contribution in [-0.2, 0) is 4.79 Å². The normalized spacial score (nSPS) is 22.9. The third kappa shape index (κ3) is 1.73. The number of carbonyl (C=O) groups excluding carboxylic acids is 1. The van der Waals surface area contributed by atoms with Crippen molar-refractivity contribution >= 4 is 11.6 Å². The van der Waals surface area contributed by atoms with E-state index < -0.39 is 17.7 Å². The van der Waals surface area contributed by atoms with Gasteiger partial charge in [-0.2, -0.15) is 0 Å². The molecular weight excluding hydrogens is 188 g/mol. The number of benzene rings is 1. The molecule has 74 valence electrons. The molecule has 2 rings (SSSR count). The third-order valence-electron chi connectivity index (χ3n) is 2.18. The molecule has 1 amide bonds. The molecule has 4 heteroatoms. The Labute approximate surface area is 79.9 Å². The van der Waals surface area contributed by atoms with Crippen LogP contribution in [0.5, 0.6) is 0 Å². The summed E-state index contributed by atoms with van der Waals surface area (Å²) in [5.41, 5.74) is 0.556. The molecule has 1 atom stereocenters. The first-order chi connectivity index (χ1) is 6.59. The van der Waals surface area contributed by atoms with Gasteiger partial charge in [0.15, 0.2) is 0 Å². The fraction of sp³-hybridized carbons (Fsp3) is 0.300. The van der Waals surface area contributed by atoms with Gasteiger partial charge in [0.1, 0.15) is 5.92 Å². The zero-order chi connectivity index (χ0) is 10.2. The molecule has 1 unspecified atom stereocenters. The minimum atomic E-state index is -2.79. The largest absolute Gasteiger partial charge is 0.326 e. The lowest BCUT2D eigenvalue weighted by Crippen LogP contribution is -2.17. The zero-order valence-electron chi connectivity index (χ0n) is 7.34. The fourth-order valence-electron chi connectivity index (χ4n) is 1.25. The van der Waals surface area contributed by atoms with E-state index in [4.69, 9.17) is 0 Å². The number of carbonyl (C=O) groups is 1. The molecule has 0 bridgehead atoms. The SMILES string of the molecule is O=C(Nc1ccccc1)C1CC1(F)F. The summed E-state index contributed by atoms with van der Waals surface area (Å²) in [6.45, 7) is 0. The molecule has 2 nitrogen and oxygen atoms in total. The number of hydrogen-bond acceptors (Lipinski definition) is 1. The van der Waals surface area contributed by atoms with Gasteiger partial charge in [0.05, 0.1) is 0 Å². The minimum absolute atomic E-state index is 0.328. The van der Waals surface area contributed by atoms with Gasteiger partial charge in [0.25, 0.3) is 5.92 Å². The first-order valence-corrected chi connectivity index (χ1v) is 4.33. The highest BCUT2D eigenvalue weighted by atomic mass is 19.3. The van der Waals surface area contributed by atoms with E-state index in [-0.39, 0.29) is 6.42 Å². The van der Waals surface area contributed by atoms with Crippen LogP contribution in [0.1, 0.15) is 6.42 Å². The van der Waals surface area contributed by atoms with Crippen molar-refractivity contribution in [1.82, 2.24) is 0 Å². The number of hydrogen-bond donors (Lipinski definition) is 1. The van der Waals surface area contributed by atoms with E-state index in [1.165, 1.54) is 0 Å². The van der Waals surface area contributed by atoms with Crippen LogP contribution in [0.4, 0.5) is 14.5 Å². The average Bonchev–Trinajstić information content (AvgIpc) is 2.77. The van der Waals surface area contributed by atoms with Crippen LogP contribution >= 0.6 is 0 Å². The van der Waals surface area contributed by atoms with Gasteiger partial charge in [0.2, 0.25) is 5.91 Å². The topological polar surface area (TPSA) is 29.1 Å². The van der Waals surface area contributed by atoms with Crippen LogP contribution in [0.15, 0.2) is 30.3 Å². The van der Waals surface area contributed by atoms with Crippen LogP contribution in [0.25, 0.3) is 0 Å². The summed E-state index contributed by atoms with van der Waals surface area (Å²) >= 11 is 0. The van der Waals surface area contributed by atoms with E-state index in [1.54, 1.807) is 30.3 Å². The molecule has 14 heavy (non-hydrogen) atoms. The van der Waals surface area contributed by atoms with Gasteiger partial charge in [-0.1, -0.05) is 18.2 Å². The summed E-state index contributed by atoms with van der Waals surface area (Å²) in [4.78, 5) is 11.2. The molecule has 1 aliphatic rings. The Morgan fingerprint density at radius 3 is 2.43 bits per heavy atom. The smallest absolute Gasteiger partial charge is 0.260 e. The monoisotopic (exact) mass is 197 g/mol. The Kier molecular flexibility index (Phi) is 1.98. The quantitative estimate of drug-likeness (QED) is 0.774. The predicted octanol–water partition coefficient (Wildman–Crippen LogP) is 2.28. The van der Waals surface area contributed by atoms with Crippen molar-refractivity contribution in [3.05, 3.63) is 30.3 Å². The van der Waals surface area contributed by atoms with Gasteiger partial charge in [0, 0.05) is 12.1 Å². The van der Waals surface area contributed by atoms with Gasteiger partial charge in [-0.3, -0.25) is 4.79 Å². The Bertz CT molecular complexity index is 350. The van der Waals surface area contributed by atoms with Crippen LogP contribution in [-0.4, -0.2) is 11.8 Å². The number of nitrogens with one attached hydrogen (secondary N) is 1. The van der Waals surface area contributed by atoms with Crippen molar-refractivity contribution in [2.24, 2.45) is 5.92 Å². The van der Waals surface area contributed by atoms with Gasteiger partial charge in [-0.25, -0.2) is 8.78 Å². The Morgan fingerprint density at radius 1 is 1.36 bits per heavy atom. The molecule has 0 spiro atoms. The molecule has 0 saturated heterocycles. The van der Waals surface area contributed by atoms with Crippen molar-refractivity contribution < 1.29 is 13.6 Å². The second-order valence-corrected chi connectivity index (χ2v) is 3.37. The first kappa shape index (κ1) is 9.12. The number of halogens is 2. The van der Waals surface area contributed by atoms with Gasteiger partial charge in [-0.15, -0.1) is 0 Å². The van der Waals surface area contributed by atoms with Gasteiger partial charge >= 0.3 is 0 Å². The van der Waals surface area contributed by atoms with Crippen molar-refractivity contribution in [2.75, 3.05) is 5.32 Å². The molecule has 1 saturated carbocycles. The van der Waals surface area contributed by atoms with Gasteiger partial charge < -0.3 is 5.32 Å². The number of rotatable bonds is 2. The maximum Gasteiger partial charge on any atom is 0.260 e. The zero-order valence-corrected chi connectivity index (χ0v) is 7.34. The maximum atomic E-state index is 12.5. The molecule has 1 aromatic rings. The van der Waals surface area contributed by atoms with Crippen molar-refractivity contribution in [3.8, 4) is 0 Å². The standard InChI is InChI=1S/C10H9F2NO/c11-10(12)6-8(10)9(14)13-7-4-2-1-3-5-7/h1-5,8H,6H2,(H,13,14). The molecular formula is C10H9F2NO. The van der Waals surface area contributed by atoms with E-state index in [9.17, 15) is 13.6 Å². The summed E-state index contributed by atoms with van der Waals surface area (Å²) < 4.78 is 25.0. The first-order valence-electron chi connectivity index (χ1n) is 4.33. The summed E-state index contributed by atoms with van der Waals surface area (Å²) in [6, 6.07) is 8.60. The number of anilines is 1. The van der Waals surface area contributed by atoms with E-state index in [0.29, 0.717) is 5.69 Å². The Morgan fingerprint density at radius 2 is 1.93 bits per heavy atom. The summed E-state index contributed by atoms with van der Waals surface area (Å²) in [6.07, 6.45) is -0.328. The lowest BCUT2D eigenvalue weighted by Gasteiger charge is -2.03. The predicted molar refractivity (Wildman–Crippen MR) is 48.1 cm³/mol. The highest BCUT2D eigenvalue weighted by molar-refractivity contribution is 5.95. The minimum Gasteiger partial charge on any atom is -0.326 e. The summed E-state index contributed by atoms with van der Waals surface area (Å²) in [5, 5.41) is 2.44. The van der Waals surface area contributed by atoms with E-state index in [0.717, 1.165) is 0 Å². The van der Waals surface area contributed by atoms with E-state index >= 15 is 0 Å². The molecule has 0 heterocycles. The summed E-state index contributed by atoms with van der Waals surface area (Å²) in [7, 11) is 0. The molecule has 1 aliphatic carbocycles. The lowest BCUT2D eigenvalue weighted by molar-refractivity contribution is -0.119. The molecule has 1 aromatic carbocycles. The fourth-order valence-corrected chi connectivity index (χ4v) is 1.25. The molecule has 0 aromatic heterocycles. The van der Waals surface area contributed by atoms with Gasteiger partial charge in [-0.05, 0) is 12.1 Å². The van der Waals surface area contributed by atoms with E-state index in [2.05, 4.69) is 5.32 Å². The lowest BCUT2D eigenvalue weighted by atomic mass is 10.3. The van der Waals surface area contributed by atoms with Crippen LogP contribution in [0.2, 0.25) is 0 Å². The number of para-hydroxylation sites is 1. The van der Waals surface area contributed by atoms with Crippen LogP contribution < -0.4 is 5.32 Å². The highest BCUT2D eigenvalue weighted by Gasteiger charge is 2.61. The van der Waals surface area contributed by atoms with Crippen molar-refractivity contribution in [3.63, 3.8) is 0 Å². The third-order valence-corrected chi connectivity index (χ3v) is 2.18. The second kappa shape index (κ2) is 3.04. The Balaban J connectivity index is 1.97. The van der Waals surface area contributed by atoms with E-state index in [1.807, 2.05) is 0 Å². The summed E-state index contributed by atoms with van der Waals surface area (Å²) in [5.74, 6) is -4.53. The highest BCUT2D eigenvalue weighted by Crippen LogP contribution is 2.48. The molecule has 0 aliphatic heterocycles. The Hall–Kier alpha value is -1.45. The van der Waals surface area contributed by atoms with Crippen molar-refractivity contribution in [1.29, 1.82) is 0 Å². The number of alkyl halides is 2.